The van der Waals surface area contributed by atoms with Crippen LogP contribution in [0.1, 0.15) is 19.4 Å². The Balaban J connectivity index is 2.68. The highest BCUT2D eigenvalue weighted by Gasteiger charge is 2.26. The maximum Gasteiger partial charge on any atom is 0.134 e. The minimum Gasteiger partial charge on any atom is -0.496 e. The van der Waals surface area contributed by atoms with Crippen LogP contribution < -0.4 is 15.2 Å². The van der Waals surface area contributed by atoms with Gasteiger partial charge in [0.1, 0.15) is 23.0 Å². The van der Waals surface area contributed by atoms with Gasteiger partial charge < -0.3 is 15.2 Å². The molecule has 0 saturated carbocycles. The van der Waals surface area contributed by atoms with Crippen LogP contribution in [0, 0.1) is 0 Å². The van der Waals surface area contributed by atoms with Gasteiger partial charge in [0.2, 0.25) is 0 Å². The molecule has 1 aromatic heterocycles. The number of nitrogens with one attached hydrogen (secondary N) is 1. The zero-order valence-corrected chi connectivity index (χ0v) is 12.0. The lowest BCUT2D eigenvalue weighted by molar-refractivity contribution is 0.212. The molecule has 108 valence electrons. The van der Waals surface area contributed by atoms with Gasteiger partial charge in [-0.15, -0.1) is 0 Å². The monoisotopic (exact) mass is 279 g/mol. The van der Waals surface area contributed by atoms with Gasteiger partial charge in [0.25, 0.3) is 0 Å². The maximum atomic E-state index is 14.3. The van der Waals surface area contributed by atoms with Crippen LogP contribution in [0.15, 0.2) is 18.3 Å². The molecule has 6 heteroatoms. The number of benzene rings is 1. The van der Waals surface area contributed by atoms with Crippen LogP contribution in [0.25, 0.3) is 11.1 Å². The zero-order chi connectivity index (χ0) is 14.9. The number of halogens is 1. The van der Waals surface area contributed by atoms with E-state index in [1.165, 1.54) is 28.1 Å². The van der Waals surface area contributed by atoms with Crippen molar-refractivity contribution in [2.75, 3.05) is 20.0 Å². The Morgan fingerprint density at radius 3 is 2.25 bits per heavy atom. The van der Waals surface area contributed by atoms with Gasteiger partial charge in [-0.1, -0.05) is 0 Å². The smallest absolute Gasteiger partial charge is 0.134 e. The van der Waals surface area contributed by atoms with Gasteiger partial charge in [-0.2, -0.15) is 5.10 Å². The minimum atomic E-state index is -1.54. The number of aromatic nitrogens is 2. The Kier molecular flexibility index (Phi) is 3.57. The van der Waals surface area contributed by atoms with Crippen molar-refractivity contribution in [2.45, 2.75) is 19.5 Å². The molecular formula is C14H18FN3O2. The highest BCUT2D eigenvalue weighted by molar-refractivity contribution is 5.79. The fourth-order valence-corrected chi connectivity index (χ4v) is 2.08. The topological polar surface area (TPSA) is 73.2 Å². The number of ether oxygens (including phenoxy) is 2. The number of H-pyrrole nitrogens is 1. The van der Waals surface area contributed by atoms with Crippen molar-refractivity contribution in [3.8, 4) is 22.6 Å². The molecule has 0 fully saturated rings. The quantitative estimate of drug-likeness (QED) is 0.902. The van der Waals surface area contributed by atoms with Crippen LogP contribution >= 0.6 is 0 Å². The number of alkyl halides is 1. The van der Waals surface area contributed by atoms with Crippen molar-refractivity contribution >= 4 is 5.82 Å². The summed E-state index contributed by atoms with van der Waals surface area (Å²) in [6.45, 7) is 2.94. The molecular weight excluding hydrogens is 261 g/mol. The number of hydrogen-bond acceptors (Lipinski definition) is 4. The molecule has 5 nitrogen and oxygen atoms in total. The summed E-state index contributed by atoms with van der Waals surface area (Å²) in [6.07, 6.45) is 1.59. The van der Waals surface area contributed by atoms with E-state index >= 15 is 0 Å². The third-order valence-electron chi connectivity index (χ3n) is 3.12. The fourth-order valence-electron chi connectivity index (χ4n) is 2.08. The van der Waals surface area contributed by atoms with Crippen LogP contribution in [0.3, 0.4) is 0 Å². The number of anilines is 1. The predicted octanol–water partition coefficient (Wildman–Crippen LogP) is 2.88. The molecule has 0 aliphatic carbocycles. The van der Waals surface area contributed by atoms with Crippen LogP contribution in [-0.4, -0.2) is 24.4 Å². The van der Waals surface area contributed by atoms with Gasteiger partial charge >= 0.3 is 0 Å². The average molecular weight is 279 g/mol. The summed E-state index contributed by atoms with van der Waals surface area (Å²) in [6, 6.07) is 3.33. The first-order valence-electron chi connectivity index (χ1n) is 6.13. The molecule has 0 amide bonds. The molecule has 0 atom stereocenters. The Morgan fingerprint density at radius 2 is 1.80 bits per heavy atom. The van der Waals surface area contributed by atoms with Crippen LogP contribution in [0.4, 0.5) is 10.2 Å². The van der Waals surface area contributed by atoms with E-state index < -0.39 is 5.67 Å². The molecule has 20 heavy (non-hydrogen) atoms. The third kappa shape index (κ3) is 2.41. The predicted molar refractivity (Wildman–Crippen MR) is 75.7 cm³/mol. The highest BCUT2D eigenvalue weighted by Crippen LogP contribution is 2.42. The van der Waals surface area contributed by atoms with Crippen molar-refractivity contribution in [3.05, 3.63) is 23.9 Å². The Bertz CT molecular complexity index is 617. The van der Waals surface area contributed by atoms with Crippen molar-refractivity contribution in [1.82, 2.24) is 10.2 Å². The molecule has 3 N–H and O–H groups in total. The second-order valence-electron chi connectivity index (χ2n) is 4.92. The molecule has 0 bridgehead atoms. The first-order chi connectivity index (χ1) is 9.38. The maximum absolute atomic E-state index is 14.3. The summed E-state index contributed by atoms with van der Waals surface area (Å²) < 4.78 is 24.9. The van der Waals surface area contributed by atoms with Gasteiger partial charge in [0.15, 0.2) is 0 Å². The lowest BCUT2D eigenvalue weighted by Gasteiger charge is -2.21. The zero-order valence-electron chi connectivity index (χ0n) is 12.0. The summed E-state index contributed by atoms with van der Waals surface area (Å²) in [5.74, 6) is 1.37. The van der Waals surface area contributed by atoms with Gasteiger partial charge in [0.05, 0.1) is 20.4 Å². The molecule has 0 radical (unpaired) electrons. The van der Waals surface area contributed by atoms with E-state index in [9.17, 15) is 4.39 Å². The lowest BCUT2D eigenvalue weighted by Crippen LogP contribution is -2.11. The highest BCUT2D eigenvalue weighted by atomic mass is 19.1. The standard InChI is InChI=1S/C14H18FN3O2/c1-14(2,15)10-6-11(19-3)8(5-12(10)20-4)9-7-17-18-13(9)16/h5-7H,1-4H3,(H3,16,17,18). The summed E-state index contributed by atoms with van der Waals surface area (Å²) in [5.41, 5.74) is 6.08. The molecule has 1 aromatic carbocycles. The number of aromatic amines is 1. The van der Waals surface area contributed by atoms with Crippen molar-refractivity contribution in [1.29, 1.82) is 0 Å². The number of methoxy groups -OCH3 is 2. The van der Waals surface area contributed by atoms with E-state index in [2.05, 4.69) is 10.2 Å². The molecule has 2 aromatic rings. The van der Waals surface area contributed by atoms with Crippen LogP contribution in [0.5, 0.6) is 11.5 Å². The number of hydrogen-bond donors (Lipinski definition) is 2. The van der Waals surface area contributed by atoms with Crippen molar-refractivity contribution < 1.29 is 13.9 Å². The number of nitrogens with two attached hydrogens (primary N) is 1. The van der Waals surface area contributed by atoms with Gasteiger partial charge in [-0.3, -0.25) is 5.10 Å². The van der Waals surface area contributed by atoms with E-state index in [0.717, 1.165) is 0 Å². The number of rotatable bonds is 4. The summed E-state index contributed by atoms with van der Waals surface area (Å²) in [7, 11) is 3.02. The van der Waals surface area contributed by atoms with Crippen LogP contribution in [0.2, 0.25) is 0 Å². The summed E-state index contributed by atoms with van der Waals surface area (Å²) >= 11 is 0. The summed E-state index contributed by atoms with van der Waals surface area (Å²) in [4.78, 5) is 0. The molecule has 0 unspecified atom stereocenters. The molecule has 0 spiro atoms. The second kappa shape index (κ2) is 5.03. The molecule has 0 aliphatic heterocycles. The molecule has 0 saturated heterocycles. The minimum absolute atomic E-state index is 0.414. The fraction of sp³-hybridized carbons (Fsp3) is 0.357. The first-order valence-corrected chi connectivity index (χ1v) is 6.13. The Morgan fingerprint density at radius 1 is 1.15 bits per heavy atom. The second-order valence-corrected chi connectivity index (χ2v) is 4.92. The lowest BCUT2D eigenvalue weighted by atomic mass is 9.95. The molecule has 2 rings (SSSR count). The van der Waals surface area contributed by atoms with E-state index in [4.69, 9.17) is 15.2 Å². The summed E-state index contributed by atoms with van der Waals surface area (Å²) in [5, 5.41) is 6.54. The first kappa shape index (κ1) is 14.2. The largest absolute Gasteiger partial charge is 0.496 e. The number of nitrogens with zero attached hydrogens (tertiary/aromatic N) is 1. The SMILES string of the molecule is COc1cc(C(C)(C)F)c(OC)cc1-c1cn[nH]c1N. The van der Waals surface area contributed by atoms with E-state index in [1.807, 2.05) is 0 Å². The third-order valence-corrected chi connectivity index (χ3v) is 3.12. The van der Waals surface area contributed by atoms with E-state index in [1.54, 1.807) is 18.3 Å². The Hall–Kier alpha value is -2.24. The van der Waals surface area contributed by atoms with Crippen LogP contribution in [-0.2, 0) is 5.67 Å². The van der Waals surface area contributed by atoms with Gasteiger partial charge in [-0.05, 0) is 26.0 Å². The van der Waals surface area contributed by atoms with E-state index in [-0.39, 0.29) is 0 Å². The van der Waals surface area contributed by atoms with Gasteiger partial charge in [0, 0.05) is 16.7 Å². The van der Waals surface area contributed by atoms with Crippen molar-refractivity contribution in [2.24, 2.45) is 0 Å². The molecule has 0 aliphatic rings. The van der Waals surface area contributed by atoms with E-state index in [0.29, 0.717) is 34.0 Å². The number of nitrogen functional groups attached to an aromatic ring is 1. The van der Waals surface area contributed by atoms with Gasteiger partial charge in [-0.25, -0.2) is 4.39 Å². The average Bonchev–Trinajstić information content (AvgIpc) is 2.82. The Labute approximate surface area is 116 Å². The molecule has 1 heterocycles. The van der Waals surface area contributed by atoms with Crippen molar-refractivity contribution in [3.63, 3.8) is 0 Å². The normalized spacial score (nSPS) is 11.4.